The lowest BCUT2D eigenvalue weighted by atomic mass is 10.0. The molecule has 0 amide bonds. The van der Waals surface area contributed by atoms with E-state index in [9.17, 15) is 14.4 Å². The fourth-order valence-corrected chi connectivity index (χ4v) is 11.5. The molecule has 80 heavy (non-hydrogen) atoms. The van der Waals surface area contributed by atoms with Gasteiger partial charge >= 0.3 is 17.9 Å². The van der Waals surface area contributed by atoms with E-state index in [1.807, 2.05) is 0 Å². The third-order valence-electron chi connectivity index (χ3n) is 17.0. The molecule has 0 saturated carbocycles. The van der Waals surface area contributed by atoms with Gasteiger partial charge in [0.2, 0.25) is 0 Å². The summed E-state index contributed by atoms with van der Waals surface area (Å²) in [5.41, 5.74) is 0. The molecular weight excluding hydrogens is 985 g/mol. The standard InChI is InChI=1S/C74H142O6/c1-4-7-10-13-16-19-22-24-26-28-30-32-34-36-37-38-39-41-42-44-46-48-50-52-55-58-61-64-67-73(76)79-70-71(69-78-72(75)66-63-60-57-54-21-18-15-12-9-6-3)80-74(77)68-65-62-59-56-53-51-49-47-45-43-40-35-33-31-29-27-25-23-20-17-14-11-8-5-2/h12,15,71H,4-11,13-14,16-70H2,1-3H3/b15-12-. The number of hydrogen-bond acceptors (Lipinski definition) is 6. The molecule has 0 aromatic rings. The van der Waals surface area contributed by atoms with Crippen molar-refractivity contribution in [3.05, 3.63) is 12.2 Å². The second kappa shape index (κ2) is 69.6. The van der Waals surface area contributed by atoms with Gasteiger partial charge in [0, 0.05) is 19.3 Å². The number of esters is 3. The zero-order valence-corrected chi connectivity index (χ0v) is 54.6. The maximum absolute atomic E-state index is 12.9. The minimum atomic E-state index is -0.769. The van der Waals surface area contributed by atoms with Crippen LogP contribution in [-0.4, -0.2) is 37.2 Å². The smallest absolute Gasteiger partial charge is 0.306 e. The first-order chi connectivity index (χ1) is 39.5. The van der Waals surface area contributed by atoms with Gasteiger partial charge in [-0.1, -0.05) is 380 Å². The second-order valence-electron chi connectivity index (χ2n) is 25.2. The van der Waals surface area contributed by atoms with Crippen molar-refractivity contribution in [1.29, 1.82) is 0 Å². The lowest BCUT2D eigenvalue weighted by molar-refractivity contribution is -0.167. The summed E-state index contributed by atoms with van der Waals surface area (Å²) >= 11 is 0. The number of unbranched alkanes of at least 4 members (excludes halogenated alkanes) is 56. The molecule has 6 nitrogen and oxygen atoms in total. The molecule has 0 fully saturated rings. The number of allylic oxidation sites excluding steroid dienone is 2. The third-order valence-corrected chi connectivity index (χ3v) is 17.0. The Balaban J connectivity index is 4.08. The summed E-state index contributed by atoms with van der Waals surface area (Å²) in [5.74, 6) is -0.843. The van der Waals surface area contributed by atoms with Crippen LogP contribution < -0.4 is 0 Å². The van der Waals surface area contributed by atoms with Crippen LogP contribution >= 0.6 is 0 Å². The van der Waals surface area contributed by atoms with E-state index in [2.05, 4.69) is 32.9 Å². The Labute approximate surface area is 501 Å². The molecule has 0 heterocycles. The van der Waals surface area contributed by atoms with Crippen molar-refractivity contribution in [2.45, 2.75) is 431 Å². The fraction of sp³-hybridized carbons (Fsp3) is 0.932. The van der Waals surface area contributed by atoms with Crippen molar-refractivity contribution in [2.75, 3.05) is 13.2 Å². The molecule has 0 spiro atoms. The maximum atomic E-state index is 12.9. The highest BCUT2D eigenvalue weighted by atomic mass is 16.6. The molecule has 474 valence electrons. The first kappa shape index (κ1) is 78.1. The normalized spacial score (nSPS) is 12.0. The fourth-order valence-electron chi connectivity index (χ4n) is 11.5. The zero-order valence-electron chi connectivity index (χ0n) is 54.6. The second-order valence-corrected chi connectivity index (χ2v) is 25.2. The van der Waals surface area contributed by atoms with Crippen molar-refractivity contribution in [3.8, 4) is 0 Å². The highest BCUT2D eigenvalue weighted by Crippen LogP contribution is 2.20. The van der Waals surface area contributed by atoms with Crippen molar-refractivity contribution >= 4 is 17.9 Å². The summed E-state index contributed by atoms with van der Waals surface area (Å²) in [7, 11) is 0. The molecule has 0 aromatic heterocycles. The van der Waals surface area contributed by atoms with E-state index in [4.69, 9.17) is 14.2 Å². The zero-order chi connectivity index (χ0) is 57.8. The van der Waals surface area contributed by atoms with Gasteiger partial charge in [0.15, 0.2) is 6.10 Å². The summed E-state index contributed by atoms with van der Waals surface area (Å²) < 4.78 is 17.0. The molecule has 0 radical (unpaired) electrons. The average molecular weight is 1130 g/mol. The van der Waals surface area contributed by atoms with E-state index in [-0.39, 0.29) is 31.1 Å². The number of carbonyl (C=O) groups excluding carboxylic acids is 3. The molecule has 0 saturated heterocycles. The minimum Gasteiger partial charge on any atom is -0.462 e. The van der Waals surface area contributed by atoms with Gasteiger partial charge in [-0.25, -0.2) is 0 Å². The Morgan fingerprint density at radius 1 is 0.237 bits per heavy atom. The van der Waals surface area contributed by atoms with E-state index < -0.39 is 6.10 Å². The molecule has 0 rings (SSSR count). The largest absolute Gasteiger partial charge is 0.462 e. The van der Waals surface area contributed by atoms with Crippen LogP contribution in [0.5, 0.6) is 0 Å². The van der Waals surface area contributed by atoms with Gasteiger partial charge in [0.1, 0.15) is 13.2 Å². The molecule has 1 unspecified atom stereocenters. The number of ether oxygens (including phenoxy) is 3. The Kier molecular flexibility index (Phi) is 68.0. The van der Waals surface area contributed by atoms with Crippen LogP contribution in [0.1, 0.15) is 425 Å². The summed E-state index contributed by atoms with van der Waals surface area (Å²) in [5, 5.41) is 0. The molecule has 0 bridgehead atoms. The number of rotatable bonds is 69. The average Bonchev–Trinajstić information content (AvgIpc) is 3.46. The summed E-state index contributed by atoms with van der Waals surface area (Å²) in [6, 6.07) is 0. The number of carbonyl (C=O) groups is 3. The highest BCUT2D eigenvalue weighted by Gasteiger charge is 2.20. The van der Waals surface area contributed by atoms with Gasteiger partial charge in [-0.05, 0) is 38.5 Å². The van der Waals surface area contributed by atoms with Crippen LogP contribution in [0.3, 0.4) is 0 Å². The first-order valence-corrected chi connectivity index (χ1v) is 36.7. The molecule has 0 aromatic carbocycles. The Morgan fingerprint density at radius 3 is 0.675 bits per heavy atom. The lowest BCUT2D eigenvalue weighted by Crippen LogP contribution is -2.30. The topological polar surface area (TPSA) is 78.9 Å². The van der Waals surface area contributed by atoms with E-state index in [1.165, 1.54) is 315 Å². The molecule has 6 heteroatoms. The quantitative estimate of drug-likeness (QED) is 0.0261. The molecule has 0 aliphatic rings. The van der Waals surface area contributed by atoms with Gasteiger partial charge in [-0.15, -0.1) is 0 Å². The summed E-state index contributed by atoms with van der Waals surface area (Å²) in [4.78, 5) is 38.3. The van der Waals surface area contributed by atoms with Crippen LogP contribution in [0.15, 0.2) is 12.2 Å². The van der Waals surface area contributed by atoms with E-state index in [0.717, 1.165) is 70.6 Å². The van der Waals surface area contributed by atoms with E-state index in [0.29, 0.717) is 19.3 Å². The first-order valence-electron chi connectivity index (χ1n) is 36.7. The monoisotopic (exact) mass is 1130 g/mol. The van der Waals surface area contributed by atoms with Gasteiger partial charge in [-0.3, -0.25) is 14.4 Å². The predicted octanol–water partition coefficient (Wildman–Crippen LogP) is 25.2. The molecule has 0 N–H and O–H groups in total. The highest BCUT2D eigenvalue weighted by molar-refractivity contribution is 5.71. The van der Waals surface area contributed by atoms with Gasteiger partial charge in [0.05, 0.1) is 0 Å². The lowest BCUT2D eigenvalue weighted by Gasteiger charge is -2.18. The molecule has 1 atom stereocenters. The number of hydrogen-bond donors (Lipinski definition) is 0. The SMILES string of the molecule is CCC/C=C\CCCCCCCC(=O)OCC(COC(=O)CCCCCCCCCCCCCCCCCCCCCCCCCCCCCC)OC(=O)CCCCCCCCCCCCCCCCCCCCCCCCCC. The van der Waals surface area contributed by atoms with Crippen LogP contribution in [0.2, 0.25) is 0 Å². The summed E-state index contributed by atoms with van der Waals surface area (Å²) in [6.07, 6.45) is 84.2. The third kappa shape index (κ3) is 66.9. The Morgan fingerprint density at radius 2 is 0.438 bits per heavy atom. The van der Waals surface area contributed by atoms with Crippen molar-refractivity contribution in [2.24, 2.45) is 0 Å². The van der Waals surface area contributed by atoms with E-state index >= 15 is 0 Å². The maximum Gasteiger partial charge on any atom is 0.306 e. The van der Waals surface area contributed by atoms with Crippen molar-refractivity contribution in [1.82, 2.24) is 0 Å². The van der Waals surface area contributed by atoms with Crippen LogP contribution in [0.25, 0.3) is 0 Å². The van der Waals surface area contributed by atoms with Gasteiger partial charge in [-0.2, -0.15) is 0 Å². The van der Waals surface area contributed by atoms with Crippen LogP contribution in [0.4, 0.5) is 0 Å². The minimum absolute atomic E-state index is 0.0659. The van der Waals surface area contributed by atoms with Gasteiger partial charge < -0.3 is 14.2 Å². The van der Waals surface area contributed by atoms with Gasteiger partial charge in [0.25, 0.3) is 0 Å². The van der Waals surface area contributed by atoms with Crippen molar-refractivity contribution in [3.63, 3.8) is 0 Å². The van der Waals surface area contributed by atoms with Crippen LogP contribution in [-0.2, 0) is 28.6 Å². The Bertz CT molecular complexity index is 1250. The van der Waals surface area contributed by atoms with Crippen LogP contribution in [0, 0.1) is 0 Å². The molecular formula is C74H142O6. The Hall–Kier alpha value is -1.85. The summed E-state index contributed by atoms with van der Waals surface area (Å²) in [6.45, 7) is 6.67. The predicted molar refractivity (Wildman–Crippen MR) is 349 cm³/mol. The molecule has 0 aliphatic heterocycles. The molecule has 0 aliphatic carbocycles. The van der Waals surface area contributed by atoms with E-state index in [1.54, 1.807) is 0 Å². The van der Waals surface area contributed by atoms with Crippen molar-refractivity contribution < 1.29 is 28.6 Å².